The topological polar surface area (TPSA) is 51.2 Å². The number of sulfone groups is 1. The number of carbonyl (C=O) groups excluding carboxylic acids is 1. The van der Waals surface area contributed by atoms with E-state index in [0.29, 0.717) is 0 Å². The molecule has 0 radical (unpaired) electrons. The van der Waals surface area contributed by atoms with Crippen LogP contribution in [0.5, 0.6) is 0 Å². The molecule has 0 fully saturated rings. The molecular formula is C19H22O3SSe. The SMILES string of the molecule is Cc1ccc([Se]C(CS(=O)(=O)c2ccccc2)C(=O)C(C)C)cc1. The molecule has 0 amide bonds. The van der Waals surface area contributed by atoms with Crippen LogP contribution in [0.1, 0.15) is 19.4 Å². The van der Waals surface area contributed by atoms with E-state index in [1.54, 1.807) is 30.3 Å². The molecule has 0 bridgehead atoms. The maximum absolute atomic E-state index is 12.7. The predicted molar refractivity (Wildman–Crippen MR) is 98.7 cm³/mol. The van der Waals surface area contributed by atoms with Gasteiger partial charge >= 0.3 is 151 Å². The van der Waals surface area contributed by atoms with Crippen LogP contribution in [0.25, 0.3) is 0 Å². The van der Waals surface area contributed by atoms with Crippen molar-refractivity contribution in [3.05, 3.63) is 60.2 Å². The van der Waals surface area contributed by atoms with Gasteiger partial charge in [0.2, 0.25) is 0 Å². The van der Waals surface area contributed by atoms with Gasteiger partial charge in [-0.15, -0.1) is 0 Å². The second-order valence-corrected chi connectivity index (χ2v) is 10.8. The summed E-state index contributed by atoms with van der Waals surface area (Å²) in [4.78, 5) is 12.4. The van der Waals surface area contributed by atoms with Crippen molar-refractivity contribution in [2.24, 2.45) is 5.92 Å². The molecule has 0 aromatic heterocycles. The zero-order valence-corrected chi connectivity index (χ0v) is 16.6. The van der Waals surface area contributed by atoms with E-state index < -0.39 is 14.7 Å². The number of hydrogen-bond acceptors (Lipinski definition) is 3. The first-order valence-corrected chi connectivity index (χ1v) is 11.3. The second kappa shape index (κ2) is 8.11. The van der Waals surface area contributed by atoms with E-state index >= 15 is 0 Å². The van der Waals surface area contributed by atoms with Gasteiger partial charge in [0, 0.05) is 0 Å². The van der Waals surface area contributed by atoms with Crippen molar-refractivity contribution >= 4 is 35.0 Å². The molecule has 0 N–H and O–H groups in total. The standard InChI is InChI=1S/C19H22O3SSe/c1-14(2)19(20)18(24-17-11-9-15(3)10-12-17)13-23(21,22)16-7-5-4-6-8-16/h4-12,14,18H,13H2,1-3H3. The fraction of sp³-hybridized carbons (Fsp3) is 0.316. The first-order valence-electron chi connectivity index (χ1n) is 7.84. The summed E-state index contributed by atoms with van der Waals surface area (Å²) in [5, 5.41) is 0. The molecule has 0 aliphatic heterocycles. The summed E-state index contributed by atoms with van der Waals surface area (Å²) in [6, 6.07) is 16.4. The first-order chi connectivity index (χ1) is 11.3. The van der Waals surface area contributed by atoms with Crippen LogP contribution in [0.4, 0.5) is 0 Å². The number of benzene rings is 2. The van der Waals surface area contributed by atoms with E-state index in [0.717, 1.165) is 10.0 Å². The number of rotatable bonds is 7. The maximum atomic E-state index is 12.7. The third-order valence-corrected chi connectivity index (χ3v) is 8.47. The fourth-order valence-corrected chi connectivity index (χ4v) is 7.32. The van der Waals surface area contributed by atoms with Crippen LogP contribution < -0.4 is 4.46 Å². The molecule has 128 valence electrons. The predicted octanol–water partition coefficient (Wildman–Crippen LogP) is 2.81. The summed E-state index contributed by atoms with van der Waals surface area (Å²) in [6.45, 7) is 5.67. The normalized spacial score (nSPS) is 13.0. The van der Waals surface area contributed by atoms with Gasteiger partial charge in [0.25, 0.3) is 0 Å². The fourth-order valence-electron chi connectivity index (χ4n) is 2.25. The van der Waals surface area contributed by atoms with Gasteiger partial charge in [0.15, 0.2) is 0 Å². The Bertz CT molecular complexity index is 781. The number of hydrogen-bond donors (Lipinski definition) is 0. The molecule has 0 saturated heterocycles. The van der Waals surface area contributed by atoms with Crippen LogP contribution in [0.2, 0.25) is 4.82 Å². The van der Waals surface area contributed by atoms with Gasteiger partial charge in [-0.2, -0.15) is 0 Å². The Balaban J connectivity index is 2.26. The van der Waals surface area contributed by atoms with Crippen molar-refractivity contribution in [3.63, 3.8) is 0 Å². The van der Waals surface area contributed by atoms with E-state index in [1.165, 1.54) is 0 Å². The zero-order valence-electron chi connectivity index (χ0n) is 14.1. The summed E-state index contributed by atoms with van der Waals surface area (Å²) < 4.78 is 26.4. The van der Waals surface area contributed by atoms with Gasteiger partial charge in [0.05, 0.1) is 0 Å². The van der Waals surface area contributed by atoms with E-state index in [4.69, 9.17) is 0 Å². The Morgan fingerprint density at radius 2 is 1.58 bits per heavy atom. The van der Waals surface area contributed by atoms with Crippen LogP contribution in [-0.2, 0) is 14.6 Å². The zero-order chi connectivity index (χ0) is 17.7. The van der Waals surface area contributed by atoms with Crippen molar-refractivity contribution in [1.29, 1.82) is 0 Å². The summed E-state index contributed by atoms with van der Waals surface area (Å²) in [7, 11) is -3.47. The van der Waals surface area contributed by atoms with Crippen molar-refractivity contribution in [1.82, 2.24) is 0 Å². The molecule has 2 rings (SSSR count). The summed E-state index contributed by atoms with van der Waals surface area (Å²) in [6.07, 6.45) is 0. The van der Waals surface area contributed by atoms with Crippen LogP contribution in [0.15, 0.2) is 59.5 Å². The molecule has 0 spiro atoms. The van der Waals surface area contributed by atoms with Crippen LogP contribution in [0, 0.1) is 12.8 Å². The third-order valence-electron chi connectivity index (χ3n) is 3.66. The molecular weight excluding hydrogens is 387 g/mol. The quantitative estimate of drug-likeness (QED) is 0.661. The molecule has 0 aliphatic carbocycles. The van der Waals surface area contributed by atoms with E-state index in [-0.39, 0.29) is 37.3 Å². The Morgan fingerprint density at radius 3 is 2.12 bits per heavy atom. The minimum atomic E-state index is -3.47. The van der Waals surface area contributed by atoms with Crippen molar-refractivity contribution in [2.45, 2.75) is 30.5 Å². The van der Waals surface area contributed by atoms with Crippen molar-refractivity contribution < 1.29 is 13.2 Å². The minimum absolute atomic E-state index is 0.0232. The average molecular weight is 409 g/mol. The van der Waals surface area contributed by atoms with Crippen molar-refractivity contribution in [2.75, 3.05) is 5.75 Å². The van der Waals surface area contributed by atoms with Gasteiger partial charge < -0.3 is 0 Å². The van der Waals surface area contributed by atoms with Gasteiger partial charge in [0.1, 0.15) is 0 Å². The number of aryl methyl sites for hydroxylation is 1. The second-order valence-electron chi connectivity index (χ2n) is 6.07. The van der Waals surface area contributed by atoms with E-state index in [9.17, 15) is 13.2 Å². The number of carbonyl (C=O) groups is 1. The molecule has 0 aliphatic rings. The van der Waals surface area contributed by atoms with Crippen LogP contribution in [-0.4, -0.2) is 34.9 Å². The molecule has 0 heterocycles. The molecule has 0 saturated carbocycles. The monoisotopic (exact) mass is 410 g/mol. The Morgan fingerprint density at radius 1 is 1.00 bits per heavy atom. The average Bonchev–Trinajstić information content (AvgIpc) is 2.56. The van der Waals surface area contributed by atoms with Crippen molar-refractivity contribution in [3.8, 4) is 0 Å². The number of Topliss-reactive ketones (excluding diaryl/α,β-unsaturated/α-hetero) is 1. The Hall–Kier alpha value is -1.42. The molecule has 2 aromatic rings. The summed E-state index contributed by atoms with van der Waals surface area (Å²) in [5.74, 6) is -0.273. The first kappa shape index (κ1) is 18.9. The van der Waals surface area contributed by atoms with E-state index in [2.05, 4.69) is 0 Å². The molecule has 24 heavy (non-hydrogen) atoms. The number of ketones is 1. The summed E-state index contributed by atoms with van der Waals surface area (Å²) in [5.41, 5.74) is 1.15. The Labute approximate surface area is 150 Å². The van der Waals surface area contributed by atoms with Gasteiger partial charge in [-0.1, -0.05) is 0 Å². The van der Waals surface area contributed by atoms with Crippen LogP contribution >= 0.6 is 0 Å². The Kier molecular flexibility index (Phi) is 6.39. The summed E-state index contributed by atoms with van der Waals surface area (Å²) >= 11 is -0.211. The molecule has 1 atom stereocenters. The van der Waals surface area contributed by atoms with Gasteiger partial charge in [-0.05, 0) is 0 Å². The molecule has 3 nitrogen and oxygen atoms in total. The molecule has 1 unspecified atom stereocenters. The van der Waals surface area contributed by atoms with Gasteiger partial charge in [-0.3, -0.25) is 0 Å². The molecule has 5 heteroatoms. The van der Waals surface area contributed by atoms with Crippen LogP contribution in [0.3, 0.4) is 0 Å². The van der Waals surface area contributed by atoms with Gasteiger partial charge in [-0.25, -0.2) is 0 Å². The third kappa shape index (κ3) is 5.04. The van der Waals surface area contributed by atoms with E-state index in [1.807, 2.05) is 45.0 Å². The molecule has 2 aromatic carbocycles.